The molecule has 166 valence electrons. The highest BCUT2D eigenvalue weighted by atomic mass is 16.5. The molecule has 2 aromatic carbocycles. The molecule has 2 aromatic rings. The predicted molar refractivity (Wildman–Crippen MR) is 127 cm³/mol. The van der Waals surface area contributed by atoms with Gasteiger partial charge in [-0.05, 0) is 67.8 Å². The summed E-state index contributed by atoms with van der Waals surface area (Å²) in [4.78, 5) is 16.2. The van der Waals surface area contributed by atoms with E-state index in [-0.39, 0.29) is 12.0 Å². The van der Waals surface area contributed by atoms with Crippen LogP contribution in [-0.2, 0) is 11.2 Å². The lowest BCUT2D eigenvalue weighted by Gasteiger charge is -2.44. The average Bonchev–Trinajstić information content (AvgIpc) is 2.79. The molecule has 4 nitrogen and oxygen atoms in total. The SMILES string of the molecule is CCC[C@H]1CCCN([C@H]2CCc3ccccc3[C@@H]2Oc2cccc(N(C)C(C)=O)c2)C1. The second kappa shape index (κ2) is 9.86. The number of benzene rings is 2. The fraction of sp³-hybridized carbons (Fsp3) is 0.519. The number of hydrogen-bond acceptors (Lipinski definition) is 3. The highest BCUT2D eigenvalue weighted by Crippen LogP contribution is 2.39. The minimum atomic E-state index is 0.0169. The van der Waals surface area contributed by atoms with Crippen molar-refractivity contribution < 1.29 is 9.53 Å². The van der Waals surface area contributed by atoms with E-state index in [2.05, 4.69) is 36.1 Å². The van der Waals surface area contributed by atoms with E-state index in [1.165, 1.54) is 49.9 Å². The number of ether oxygens (including phenoxy) is 1. The fourth-order valence-electron chi connectivity index (χ4n) is 5.35. The Hall–Kier alpha value is -2.33. The monoisotopic (exact) mass is 420 g/mol. The number of hydrogen-bond donors (Lipinski definition) is 0. The number of carbonyl (C=O) groups is 1. The third-order valence-electron chi connectivity index (χ3n) is 7.08. The lowest BCUT2D eigenvalue weighted by Crippen LogP contribution is -2.48. The number of fused-ring (bicyclic) bond motifs is 1. The van der Waals surface area contributed by atoms with Crippen LogP contribution in [0.1, 0.15) is 63.2 Å². The summed E-state index contributed by atoms with van der Waals surface area (Å²) in [6.07, 6.45) is 7.50. The van der Waals surface area contributed by atoms with Crippen LogP contribution in [0.25, 0.3) is 0 Å². The number of carbonyl (C=O) groups excluding carboxylic acids is 1. The van der Waals surface area contributed by atoms with Crippen LogP contribution in [0, 0.1) is 5.92 Å². The largest absolute Gasteiger partial charge is 0.484 e. The van der Waals surface area contributed by atoms with Gasteiger partial charge in [0.05, 0.1) is 6.04 Å². The van der Waals surface area contributed by atoms with Gasteiger partial charge in [-0.2, -0.15) is 0 Å². The number of piperidine rings is 1. The van der Waals surface area contributed by atoms with Crippen LogP contribution in [0.4, 0.5) is 5.69 Å². The van der Waals surface area contributed by atoms with Crippen molar-refractivity contribution in [2.24, 2.45) is 5.92 Å². The summed E-state index contributed by atoms with van der Waals surface area (Å²) in [5, 5.41) is 0. The molecule has 0 N–H and O–H groups in total. The van der Waals surface area contributed by atoms with E-state index in [0.29, 0.717) is 6.04 Å². The number of amides is 1. The first-order valence-electron chi connectivity index (χ1n) is 11.9. The zero-order chi connectivity index (χ0) is 21.8. The Kier molecular flexibility index (Phi) is 6.96. The second-order valence-electron chi connectivity index (χ2n) is 9.21. The van der Waals surface area contributed by atoms with Gasteiger partial charge < -0.3 is 9.64 Å². The first-order valence-corrected chi connectivity index (χ1v) is 11.9. The average molecular weight is 421 g/mol. The molecule has 4 heteroatoms. The van der Waals surface area contributed by atoms with Gasteiger partial charge in [0.2, 0.25) is 5.91 Å². The van der Waals surface area contributed by atoms with Gasteiger partial charge in [0, 0.05) is 32.3 Å². The van der Waals surface area contributed by atoms with Crippen molar-refractivity contribution in [3.05, 3.63) is 59.7 Å². The van der Waals surface area contributed by atoms with Crippen LogP contribution >= 0.6 is 0 Å². The van der Waals surface area contributed by atoms with Gasteiger partial charge >= 0.3 is 0 Å². The second-order valence-corrected chi connectivity index (χ2v) is 9.21. The van der Waals surface area contributed by atoms with Crippen molar-refractivity contribution in [3.63, 3.8) is 0 Å². The quantitative estimate of drug-likeness (QED) is 0.608. The summed E-state index contributed by atoms with van der Waals surface area (Å²) in [6, 6.07) is 17.1. The topological polar surface area (TPSA) is 32.8 Å². The summed E-state index contributed by atoms with van der Waals surface area (Å²) >= 11 is 0. The fourth-order valence-corrected chi connectivity index (χ4v) is 5.35. The predicted octanol–water partition coefficient (Wildman–Crippen LogP) is 5.62. The molecule has 31 heavy (non-hydrogen) atoms. The summed E-state index contributed by atoms with van der Waals surface area (Å²) < 4.78 is 6.73. The number of anilines is 1. The van der Waals surface area contributed by atoms with Gasteiger partial charge in [0.1, 0.15) is 11.9 Å². The Labute approximate surface area is 187 Å². The number of rotatable bonds is 6. The first kappa shape index (κ1) is 21.9. The molecule has 1 aliphatic heterocycles. The van der Waals surface area contributed by atoms with Gasteiger partial charge in [-0.3, -0.25) is 9.69 Å². The zero-order valence-electron chi connectivity index (χ0n) is 19.2. The molecule has 1 fully saturated rings. The molecule has 0 aromatic heterocycles. The summed E-state index contributed by atoms with van der Waals surface area (Å²) in [5.41, 5.74) is 3.59. The van der Waals surface area contributed by atoms with E-state index in [0.717, 1.165) is 30.2 Å². The maximum absolute atomic E-state index is 11.8. The Morgan fingerprint density at radius 3 is 2.81 bits per heavy atom. The summed E-state index contributed by atoms with van der Waals surface area (Å²) in [7, 11) is 1.81. The van der Waals surface area contributed by atoms with Crippen molar-refractivity contribution in [3.8, 4) is 5.75 Å². The van der Waals surface area contributed by atoms with Crippen molar-refractivity contribution >= 4 is 11.6 Å². The third-order valence-corrected chi connectivity index (χ3v) is 7.08. The minimum Gasteiger partial charge on any atom is -0.484 e. The molecule has 2 aliphatic rings. The maximum atomic E-state index is 11.8. The molecule has 0 saturated carbocycles. The standard InChI is InChI=1S/C27H36N2O2/c1-4-9-21-10-8-17-29(19-21)26-16-15-22-11-5-6-14-25(22)27(26)31-24-13-7-12-23(18-24)28(3)20(2)30/h5-7,11-14,18,21,26-27H,4,8-10,15-17,19H2,1-3H3/t21-,26-,27-/m0/s1. The molecular weight excluding hydrogens is 384 g/mol. The molecule has 0 radical (unpaired) electrons. The molecule has 4 rings (SSSR count). The van der Waals surface area contributed by atoms with Gasteiger partial charge in [-0.1, -0.05) is 43.7 Å². The van der Waals surface area contributed by atoms with Crippen molar-refractivity contribution in [2.75, 3.05) is 25.0 Å². The van der Waals surface area contributed by atoms with Gasteiger partial charge in [-0.25, -0.2) is 0 Å². The Bertz CT molecular complexity index is 894. The van der Waals surface area contributed by atoms with E-state index in [1.807, 2.05) is 31.3 Å². The van der Waals surface area contributed by atoms with Crippen LogP contribution < -0.4 is 9.64 Å². The molecule has 0 spiro atoms. The molecule has 1 heterocycles. The normalized spacial score (nSPS) is 23.8. The molecule has 3 atom stereocenters. The summed E-state index contributed by atoms with van der Waals surface area (Å²) in [6.45, 7) is 6.24. The molecule has 1 amide bonds. The minimum absolute atomic E-state index is 0.0169. The smallest absolute Gasteiger partial charge is 0.223 e. The van der Waals surface area contributed by atoms with Crippen LogP contribution in [0.5, 0.6) is 5.75 Å². The van der Waals surface area contributed by atoms with Gasteiger partial charge in [-0.15, -0.1) is 0 Å². The maximum Gasteiger partial charge on any atom is 0.223 e. The lowest BCUT2D eigenvalue weighted by molar-refractivity contribution is -0.116. The molecule has 1 aliphatic carbocycles. The van der Waals surface area contributed by atoms with Crippen LogP contribution in [0.2, 0.25) is 0 Å². The van der Waals surface area contributed by atoms with E-state index in [9.17, 15) is 4.79 Å². The molecule has 1 saturated heterocycles. The molecule has 0 unspecified atom stereocenters. The van der Waals surface area contributed by atoms with E-state index < -0.39 is 0 Å². The number of nitrogens with zero attached hydrogens (tertiary/aromatic N) is 2. The van der Waals surface area contributed by atoms with Crippen LogP contribution in [0.3, 0.4) is 0 Å². The Balaban J connectivity index is 1.61. The zero-order valence-corrected chi connectivity index (χ0v) is 19.2. The Morgan fingerprint density at radius 2 is 2.00 bits per heavy atom. The van der Waals surface area contributed by atoms with E-state index >= 15 is 0 Å². The van der Waals surface area contributed by atoms with Gasteiger partial charge in [0.15, 0.2) is 0 Å². The van der Waals surface area contributed by atoms with Crippen LogP contribution in [0.15, 0.2) is 48.5 Å². The van der Waals surface area contributed by atoms with Crippen LogP contribution in [-0.4, -0.2) is 37.0 Å². The molecule has 0 bridgehead atoms. The number of likely N-dealkylation sites (tertiary alicyclic amines) is 1. The lowest BCUT2D eigenvalue weighted by atomic mass is 9.83. The Morgan fingerprint density at radius 1 is 1.16 bits per heavy atom. The highest BCUT2D eigenvalue weighted by Gasteiger charge is 2.37. The van der Waals surface area contributed by atoms with E-state index in [4.69, 9.17) is 4.74 Å². The molecular formula is C27H36N2O2. The van der Waals surface area contributed by atoms with Crippen molar-refractivity contribution in [1.82, 2.24) is 4.90 Å². The number of aryl methyl sites for hydroxylation is 1. The summed E-state index contributed by atoms with van der Waals surface area (Å²) in [5.74, 6) is 1.66. The van der Waals surface area contributed by atoms with Gasteiger partial charge in [0.25, 0.3) is 0 Å². The third kappa shape index (κ3) is 4.95. The van der Waals surface area contributed by atoms with E-state index in [1.54, 1.807) is 11.8 Å². The first-order chi connectivity index (χ1) is 15.1. The van der Waals surface area contributed by atoms with Crippen molar-refractivity contribution in [1.29, 1.82) is 0 Å². The van der Waals surface area contributed by atoms with Crippen molar-refractivity contribution in [2.45, 2.75) is 64.5 Å². The highest BCUT2D eigenvalue weighted by molar-refractivity contribution is 5.91.